The molecule has 8 heteroatoms. The largest absolute Gasteiger partial charge is 0.352 e. The molecular weight excluding hydrogens is 422 g/mol. The molecule has 144 valence electrons. The minimum Gasteiger partial charge on any atom is -0.352 e. The number of carbonyl (C=O) groups excluding carboxylic acids is 2. The first-order chi connectivity index (χ1) is 13.5. The Labute approximate surface area is 171 Å². The highest BCUT2D eigenvalue weighted by Crippen LogP contribution is 2.11. The van der Waals surface area contributed by atoms with E-state index >= 15 is 0 Å². The van der Waals surface area contributed by atoms with Gasteiger partial charge in [0.2, 0.25) is 5.91 Å². The van der Waals surface area contributed by atoms with E-state index in [1.165, 1.54) is 0 Å². The van der Waals surface area contributed by atoms with Gasteiger partial charge in [0.1, 0.15) is 11.6 Å². The zero-order valence-corrected chi connectivity index (χ0v) is 16.9. The highest BCUT2D eigenvalue weighted by molar-refractivity contribution is 9.10. The number of amides is 2. The summed E-state index contributed by atoms with van der Waals surface area (Å²) in [6.07, 6.45) is 5.47. The van der Waals surface area contributed by atoms with Crippen LogP contribution >= 0.6 is 15.9 Å². The molecule has 7 nitrogen and oxygen atoms in total. The maximum absolute atomic E-state index is 12.0. The van der Waals surface area contributed by atoms with Crippen molar-refractivity contribution in [2.24, 2.45) is 0 Å². The zero-order chi connectivity index (χ0) is 19.9. The quantitative estimate of drug-likeness (QED) is 0.589. The molecule has 0 atom stereocenters. The fraction of sp³-hybridized carbons (Fsp3) is 0.200. The first kappa shape index (κ1) is 19.8. The van der Waals surface area contributed by atoms with Crippen molar-refractivity contribution in [3.63, 3.8) is 0 Å². The van der Waals surface area contributed by atoms with Crippen molar-refractivity contribution in [1.29, 1.82) is 0 Å². The van der Waals surface area contributed by atoms with Crippen LogP contribution in [0.15, 0.2) is 59.5 Å². The summed E-state index contributed by atoms with van der Waals surface area (Å²) in [6, 6.07) is 10.8. The van der Waals surface area contributed by atoms with E-state index in [1.54, 1.807) is 36.7 Å². The van der Waals surface area contributed by atoms with Crippen molar-refractivity contribution in [2.45, 2.75) is 19.9 Å². The van der Waals surface area contributed by atoms with Crippen molar-refractivity contribution >= 4 is 27.7 Å². The molecule has 0 aliphatic carbocycles. The summed E-state index contributed by atoms with van der Waals surface area (Å²) in [6.45, 7) is 2.57. The Kier molecular flexibility index (Phi) is 6.54. The maximum Gasteiger partial charge on any atom is 0.251 e. The number of benzene rings is 1. The molecule has 2 amide bonds. The lowest BCUT2D eigenvalue weighted by atomic mass is 10.2. The molecule has 0 saturated carbocycles. The third kappa shape index (κ3) is 5.26. The van der Waals surface area contributed by atoms with Gasteiger partial charge in [-0.15, -0.1) is 0 Å². The number of hydrogen-bond donors (Lipinski definition) is 2. The van der Waals surface area contributed by atoms with Crippen LogP contribution in [0.4, 0.5) is 0 Å². The maximum atomic E-state index is 12.0. The average Bonchev–Trinajstić information content (AvgIpc) is 3.13. The molecule has 0 unspecified atom stereocenters. The van der Waals surface area contributed by atoms with E-state index in [0.717, 1.165) is 21.7 Å². The van der Waals surface area contributed by atoms with Gasteiger partial charge >= 0.3 is 0 Å². The van der Waals surface area contributed by atoms with Gasteiger partial charge in [-0.05, 0) is 48.9 Å². The van der Waals surface area contributed by atoms with Crippen molar-refractivity contribution < 1.29 is 9.59 Å². The first-order valence-corrected chi connectivity index (χ1v) is 9.58. The van der Waals surface area contributed by atoms with Gasteiger partial charge < -0.3 is 10.6 Å². The number of pyridine rings is 1. The van der Waals surface area contributed by atoms with Gasteiger partial charge in [0.25, 0.3) is 5.91 Å². The molecule has 0 radical (unpaired) electrons. The van der Waals surface area contributed by atoms with Crippen LogP contribution in [0.1, 0.15) is 28.2 Å². The van der Waals surface area contributed by atoms with Gasteiger partial charge in [-0.3, -0.25) is 14.2 Å². The number of nitrogens with one attached hydrogen (secondary N) is 2. The summed E-state index contributed by atoms with van der Waals surface area (Å²) in [5.41, 5.74) is 1.49. The van der Waals surface area contributed by atoms with Crippen molar-refractivity contribution in [3.05, 3.63) is 76.4 Å². The molecule has 3 rings (SSSR count). The van der Waals surface area contributed by atoms with Gasteiger partial charge in [0, 0.05) is 48.1 Å². The molecule has 0 fully saturated rings. The minimum atomic E-state index is -0.199. The molecule has 2 aromatic heterocycles. The number of aryl methyl sites for hydroxylation is 1. The van der Waals surface area contributed by atoms with Crippen molar-refractivity contribution in [1.82, 2.24) is 25.2 Å². The fourth-order valence-electron chi connectivity index (χ4n) is 2.60. The summed E-state index contributed by atoms with van der Waals surface area (Å²) >= 11 is 3.33. The normalized spacial score (nSPS) is 10.5. The molecule has 2 N–H and O–H groups in total. The van der Waals surface area contributed by atoms with Gasteiger partial charge in [0.15, 0.2) is 0 Å². The summed E-state index contributed by atoms with van der Waals surface area (Å²) in [7, 11) is 0. The van der Waals surface area contributed by atoms with Crippen LogP contribution in [0.3, 0.4) is 0 Å². The van der Waals surface area contributed by atoms with Crippen LogP contribution in [0.25, 0.3) is 5.82 Å². The van der Waals surface area contributed by atoms with Crippen molar-refractivity contribution in [2.75, 3.05) is 6.54 Å². The van der Waals surface area contributed by atoms with Gasteiger partial charge in [-0.1, -0.05) is 15.9 Å². The van der Waals surface area contributed by atoms with Crippen LogP contribution in [0.5, 0.6) is 0 Å². The summed E-state index contributed by atoms with van der Waals surface area (Å²) in [5.74, 6) is 1.27. The molecule has 0 aliphatic heterocycles. The van der Waals surface area contributed by atoms with E-state index in [1.807, 2.05) is 29.8 Å². The third-order valence-corrected chi connectivity index (χ3v) is 4.64. The number of rotatable bonds is 7. The highest BCUT2D eigenvalue weighted by Gasteiger charge is 2.08. The summed E-state index contributed by atoms with van der Waals surface area (Å²) in [4.78, 5) is 32.6. The Morgan fingerprint density at radius 3 is 2.57 bits per heavy atom. The standard InChI is InChI=1S/C20H20BrN5O2/c1-14-22-10-11-26(14)18-12-15(6-8-23-18)13-25-19(27)7-9-24-20(28)16-2-4-17(21)5-3-16/h2-6,8,10-12H,7,9,13H2,1H3,(H,24,28)(H,25,27). The van der Waals surface area contributed by atoms with Crippen LogP contribution < -0.4 is 10.6 Å². The van der Waals surface area contributed by atoms with E-state index in [4.69, 9.17) is 0 Å². The molecule has 0 spiro atoms. The predicted molar refractivity (Wildman–Crippen MR) is 109 cm³/mol. The number of nitrogens with zero attached hydrogens (tertiary/aromatic N) is 3. The number of hydrogen-bond acceptors (Lipinski definition) is 4. The minimum absolute atomic E-state index is 0.131. The Bertz CT molecular complexity index is 969. The Morgan fingerprint density at radius 2 is 1.86 bits per heavy atom. The van der Waals surface area contributed by atoms with Gasteiger partial charge in [-0.25, -0.2) is 9.97 Å². The van der Waals surface area contributed by atoms with E-state index < -0.39 is 0 Å². The van der Waals surface area contributed by atoms with E-state index in [-0.39, 0.29) is 24.8 Å². The summed E-state index contributed by atoms with van der Waals surface area (Å²) in [5, 5.41) is 5.60. The lowest BCUT2D eigenvalue weighted by Gasteiger charge is -2.09. The molecule has 3 aromatic rings. The van der Waals surface area contributed by atoms with Gasteiger partial charge in [-0.2, -0.15) is 0 Å². The van der Waals surface area contributed by atoms with E-state index in [9.17, 15) is 9.59 Å². The van der Waals surface area contributed by atoms with E-state index in [2.05, 4.69) is 36.5 Å². The molecule has 1 aromatic carbocycles. The van der Waals surface area contributed by atoms with Crippen molar-refractivity contribution in [3.8, 4) is 5.82 Å². The van der Waals surface area contributed by atoms with E-state index in [0.29, 0.717) is 12.1 Å². The van der Waals surface area contributed by atoms with Gasteiger partial charge in [0.05, 0.1) is 0 Å². The molecule has 28 heavy (non-hydrogen) atoms. The average molecular weight is 442 g/mol. The second-order valence-corrected chi connectivity index (χ2v) is 7.07. The lowest BCUT2D eigenvalue weighted by molar-refractivity contribution is -0.121. The second-order valence-electron chi connectivity index (χ2n) is 6.16. The SMILES string of the molecule is Cc1nccn1-c1cc(CNC(=O)CCNC(=O)c2ccc(Br)cc2)ccn1. The molecule has 2 heterocycles. The third-order valence-electron chi connectivity index (χ3n) is 4.12. The summed E-state index contributed by atoms with van der Waals surface area (Å²) < 4.78 is 2.79. The zero-order valence-electron chi connectivity index (χ0n) is 15.4. The molecule has 0 bridgehead atoms. The first-order valence-electron chi connectivity index (χ1n) is 8.78. The van der Waals surface area contributed by atoms with Crippen LogP contribution in [0, 0.1) is 6.92 Å². The molecule has 0 aliphatic rings. The number of imidazole rings is 1. The Hall–Kier alpha value is -3.00. The predicted octanol–water partition coefficient (Wildman–Crippen LogP) is 2.77. The number of halogens is 1. The number of carbonyl (C=O) groups is 2. The smallest absolute Gasteiger partial charge is 0.251 e. The highest BCUT2D eigenvalue weighted by atomic mass is 79.9. The molecular formula is C20H20BrN5O2. The van der Waals surface area contributed by atoms with Crippen LogP contribution in [0.2, 0.25) is 0 Å². The number of aromatic nitrogens is 3. The van der Waals surface area contributed by atoms with Crippen LogP contribution in [-0.2, 0) is 11.3 Å². The Morgan fingerprint density at radius 1 is 1.07 bits per heavy atom. The Balaban J connectivity index is 1.45. The fourth-order valence-corrected chi connectivity index (χ4v) is 2.87. The topological polar surface area (TPSA) is 88.9 Å². The monoisotopic (exact) mass is 441 g/mol. The van der Waals surface area contributed by atoms with Crippen LogP contribution in [-0.4, -0.2) is 32.9 Å². The second kappa shape index (κ2) is 9.27. The lowest BCUT2D eigenvalue weighted by Crippen LogP contribution is -2.30. The molecule has 0 saturated heterocycles.